The molecule has 0 aliphatic heterocycles. The molecule has 124 valence electrons. The molecule has 8 bridgehead atoms. The zero-order valence-electron chi connectivity index (χ0n) is 14.2. The van der Waals surface area contributed by atoms with Crippen LogP contribution in [0.4, 0.5) is 0 Å². The van der Waals surface area contributed by atoms with Crippen LogP contribution in [0.5, 0.6) is 0 Å². The third-order valence-electron chi connectivity index (χ3n) is 9.04. The zero-order valence-corrected chi connectivity index (χ0v) is 16.6. The van der Waals surface area contributed by atoms with Crippen molar-refractivity contribution >= 4 is 16.5 Å². The summed E-state index contributed by atoms with van der Waals surface area (Å²) in [6, 6.07) is 0. The summed E-state index contributed by atoms with van der Waals surface area (Å²) < 4.78 is 0. The predicted molar refractivity (Wildman–Crippen MR) is 101 cm³/mol. The Bertz CT molecular complexity index is 368. The second-order valence-corrected chi connectivity index (χ2v) is 16.4. The van der Waals surface area contributed by atoms with Crippen molar-refractivity contribution < 1.29 is 0 Å². The SMILES string of the molecule is C1C2CC3CC1CC(P[PH3]C14CC5CC(CC(C5)C1)C4)(C2)C3. The van der Waals surface area contributed by atoms with E-state index in [0.29, 0.717) is 0 Å². The van der Waals surface area contributed by atoms with Crippen molar-refractivity contribution in [1.82, 2.24) is 0 Å². The van der Waals surface area contributed by atoms with E-state index < -0.39 is 0 Å². The topological polar surface area (TPSA) is 0 Å². The average molecular weight is 336 g/mol. The predicted octanol–water partition coefficient (Wildman–Crippen LogP) is 5.66. The minimum atomic E-state index is 0.201. The van der Waals surface area contributed by atoms with E-state index in [9.17, 15) is 0 Å². The van der Waals surface area contributed by atoms with E-state index in [4.69, 9.17) is 0 Å². The van der Waals surface area contributed by atoms with Crippen LogP contribution in [-0.2, 0) is 0 Å². The van der Waals surface area contributed by atoms with Gasteiger partial charge in [-0.25, -0.2) is 0 Å². The molecule has 0 saturated heterocycles. The molecule has 8 rings (SSSR count). The quantitative estimate of drug-likeness (QED) is 0.583. The Balaban J connectivity index is 1.20. The van der Waals surface area contributed by atoms with Gasteiger partial charge in [0, 0.05) is 0 Å². The molecule has 0 spiro atoms. The van der Waals surface area contributed by atoms with Gasteiger partial charge in [0.25, 0.3) is 0 Å². The van der Waals surface area contributed by atoms with Crippen LogP contribution in [-0.4, -0.2) is 10.3 Å². The number of hydrogen-bond acceptors (Lipinski definition) is 0. The minimum absolute atomic E-state index is 0.201. The van der Waals surface area contributed by atoms with Gasteiger partial charge < -0.3 is 0 Å². The van der Waals surface area contributed by atoms with Crippen molar-refractivity contribution in [1.29, 1.82) is 0 Å². The van der Waals surface area contributed by atoms with Gasteiger partial charge in [0.15, 0.2) is 0 Å². The summed E-state index contributed by atoms with van der Waals surface area (Å²) >= 11 is 0. The Kier molecular flexibility index (Phi) is 3.02. The molecule has 1 atom stereocenters. The summed E-state index contributed by atoms with van der Waals surface area (Å²) in [5.41, 5.74) is 0. The Hall–Kier alpha value is 0.860. The summed E-state index contributed by atoms with van der Waals surface area (Å²) in [6.45, 7) is 0. The summed E-state index contributed by atoms with van der Waals surface area (Å²) in [6.07, 6.45) is 20.1. The maximum atomic E-state index is 1.71. The summed E-state index contributed by atoms with van der Waals surface area (Å²) in [5.74, 6) is 7.14. The monoisotopic (exact) mass is 336 g/mol. The molecule has 8 fully saturated rings. The molecule has 8 saturated carbocycles. The van der Waals surface area contributed by atoms with E-state index in [1.807, 2.05) is 0 Å². The third-order valence-corrected chi connectivity index (χ3v) is 17.2. The van der Waals surface area contributed by atoms with Crippen molar-refractivity contribution in [2.24, 2.45) is 35.5 Å². The van der Waals surface area contributed by atoms with Crippen LogP contribution >= 0.6 is 16.5 Å². The third kappa shape index (κ3) is 2.15. The molecule has 2 heteroatoms. The van der Waals surface area contributed by atoms with E-state index in [1.165, 1.54) is 43.8 Å². The van der Waals surface area contributed by atoms with Crippen LogP contribution in [0, 0.1) is 35.5 Å². The molecule has 0 heterocycles. The van der Waals surface area contributed by atoms with Crippen LogP contribution < -0.4 is 0 Å². The Morgan fingerprint density at radius 2 is 0.909 bits per heavy atom. The van der Waals surface area contributed by atoms with Crippen LogP contribution in [0.15, 0.2) is 0 Å². The molecule has 0 amide bonds. The van der Waals surface area contributed by atoms with Gasteiger partial charge in [-0.2, -0.15) is 0 Å². The maximum absolute atomic E-state index is 1.71. The van der Waals surface area contributed by atoms with Crippen molar-refractivity contribution in [3.63, 3.8) is 0 Å². The number of hydrogen-bond donors (Lipinski definition) is 0. The average Bonchev–Trinajstić information content (AvgIpc) is 2.42. The van der Waals surface area contributed by atoms with Crippen LogP contribution in [0.25, 0.3) is 0 Å². The summed E-state index contributed by atoms with van der Waals surface area (Å²) in [4.78, 5) is 0. The van der Waals surface area contributed by atoms with Gasteiger partial charge in [-0.1, -0.05) is 0 Å². The van der Waals surface area contributed by atoms with Crippen LogP contribution in [0.1, 0.15) is 77.0 Å². The van der Waals surface area contributed by atoms with Crippen molar-refractivity contribution in [2.45, 2.75) is 87.4 Å². The fourth-order valence-corrected chi connectivity index (χ4v) is 17.8. The molecule has 0 aromatic carbocycles. The molecule has 0 radical (unpaired) electrons. The summed E-state index contributed by atoms with van der Waals surface area (Å²) in [5, 5.41) is 1.93. The van der Waals surface area contributed by atoms with E-state index >= 15 is 0 Å². The van der Waals surface area contributed by atoms with Gasteiger partial charge in [0.05, 0.1) is 0 Å². The normalized spacial score (nSPS) is 61.8. The number of rotatable bonds is 3. The van der Waals surface area contributed by atoms with Crippen LogP contribution in [0.3, 0.4) is 0 Å². The summed E-state index contributed by atoms with van der Waals surface area (Å²) in [7, 11) is 1.69. The van der Waals surface area contributed by atoms with Crippen LogP contribution in [0.2, 0.25) is 0 Å². The molecule has 22 heavy (non-hydrogen) atoms. The standard InChI is InChI=1S/C20H34P2/c1-13-2-15-3-14(1)8-19(7-13,9-15)21-22-20-10-16-4-17(11-20)6-18(5-16)12-20/h13-18,21H,1-12H2,22H3. The van der Waals surface area contributed by atoms with Gasteiger partial charge in [0.2, 0.25) is 0 Å². The van der Waals surface area contributed by atoms with Gasteiger partial charge in [0.1, 0.15) is 0 Å². The Labute approximate surface area is 139 Å². The second kappa shape index (κ2) is 4.73. The first-order chi connectivity index (χ1) is 10.7. The fraction of sp³-hybridized carbons (Fsp3) is 1.00. The molecule has 0 N–H and O–H groups in total. The molecule has 0 nitrogen and oxygen atoms in total. The second-order valence-electron chi connectivity index (χ2n) is 11.0. The Morgan fingerprint density at radius 1 is 0.545 bits per heavy atom. The first-order valence-electron chi connectivity index (χ1n) is 10.4. The van der Waals surface area contributed by atoms with E-state index in [0.717, 1.165) is 10.3 Å². The molecule has 0 aromatic rings. The van der Waals surface area contributed by atoms with Crippen molar-refractivity contribution in [3.05, 3.63) is 0 Å². The molecular weight excluding hydrogens is 302 g/mol. The molecule has 1 unspecified atom stereocenters. The Morgan fingerprint density at radius 3 is 1.32 bits per heavy atom. The van der Waals surface area contributed by atoms with Gasteiger partial charge in [-0.05, 0) is 0 Å². The first-order valence-corrected chi connectivity index (χ1v) is 14.5. The van der Waals surface area contributed by atoms with Gasteiger partial charge >= 0.3 is 139 Å². The van der Waals surface area contributed by atoms with E-state index in [1.54, 1.807) is 77.0 Å². The van der Waals surface area contributed by atoms with Gasteiger partial charge in [-0.3, -0.25) is 0 Å². The van der Waals surface area contributed by atoms with E-state index in [2.05, 4.69) is 0 Å². The van der Waals surface area contributed by atoms with E-state index in [-0.39, 0.29) is 8.27 Å². The molecule has 8 aliphatic carbocycles. The van der Waals surface area contributed by atoms with Crippen molar-refractivity contribution in [3.8, 4) is 0 Å². The molecular formula is C20H34P2. The molecule has 0 aromatic heterocycles. The van der Waals surface area contributed by atoms with Gasteiger partial charge in [-0.15, -0.1) is 0 Å². The zero-order chi connectivity index (χ0) is 14.4. The fourth-order valence-electron chi connectivity index (χ4n) is 9.21. The van der Waals surface area contributed by atoms with Crippen molar-refractivity contribution in [2.75, 3.05) is 0 Å². The molecule has 8 aliphatic rings. The first kappa shape index (κ1) is 14.1.